The first-order valence-corrected chi connectivity index (χ1v) is 8.05. The van der Waals surface area contributed by atoms with Crippen molar-refractivity contribution in [1.82, 2.24) is 14.9 Å². The van der Waals surface area contributed by atoms with E-state index in [1.165, 1.54) is 17.5 Å². The Hall–Kier alpha value is -0.740. The predicted molar refractivity (Wildman–Crippen MR) is 70.6 cm³/mol. The lowest BCUT2D eigenvalue weighted by Gasteiger charge is -2.05. The van der Waals surface area contributed by atoms with Crippen LogP contribution in [0.2, 0.25) is 0 Å². The van der Waals surface area contributed by atoms with Crippen molar-refractivity contribution < 1.29 is 13.5 Å². The third-order valence-electron chi connectivity index (χ3n) is 2.23. The molecule has 98 valence electrons. The van der Waals surface area contributed by atoms with Gasteiger partial charge in [-0.15, -0.1) is 11.3 Å². The number of aliphatic hydroxyl groups excluding tert-OH is 1. The Morgan fingerprint density at radius 1 is 1.56 bits per heavy atom. The van der Waals surface area contributed by atoms with Gasteiger partial charge in [-0.2, -0.15) is 5.10 Å². The molecule has 9 heteroatoms. The summed E-state index contributed by atoms with van der Waals surface area (Å²) in [7, 11) is -3.69. The van der Waals surface area contributed by atoms with Crippen LogP contribution in [0.15, 0.2) is 27.1 Å². The minimum absolute atomic E-state index is 0.0994. The minimum atomic E-state index is -3.69. The number of rotatable bonds is 5. The van der Waals surface area contributed by atoms with Gasteiger partial charge < -0.3 is 5.11 Å². The van der Waals surface area contributed by atoms with Crippen LogP contribution in [-0.4, -0.2) is 23.7 Å². The van der Waals surface area contributed by atoms with Crippen LogP contribution < -0.4 is 4.72 Å². The van der Waals surface area contributed by atoms with Crippen molar-refractivity contribution in [3.05, 3.63) is 32.6 Å². The smallest absolute Gasteiger partial charge is 0.258 e. The van der Waals surface area contributed by atoms with Gasteiger partial charge in [0.05, 0.1) is 12.8 Å². The average molecular weight is 352 g/mol. The standard InChI is InChI=1S/C9H10BrN3O3S2/c10-7-1-2-17-8(7)4-12-18(15,16)9-6(5-14)3-11-13-9/h1-3,12,14H,4-5H2,(H,11,13). The second kappa shape index (κ2) is 5.49. The number of nitrogens with zero attached hydrogens (tertiary/aromatic N) is 1. The van der Waals surface area contributed by atoms with Crippen molar-refractivity contribution in [2.75, 3.05) is 0 Å². The zero-order valence-electron chi connectivity index (χ0n) is 9.05. The Morgan fingerprint density at radius 2 is 2.33 bits per heavy atom. The largest absolute Gasteiger partial charge is 0.392 e. The van der Waals surface area contributed by atoms with Gasteiger partial charge in [0.15, 0.2) is 5.03 Å². The quantitative estimate of drug-likeness (QED) is 0.754. The second-order valence-corrected chi connectivity index (χ2v) is 6.96. The molecule has 0 radical (unpaired) electrons. The van der Waals surface area contributed by atoms with E-state index in [9.17, 15) is 8.42 Å². The zero-order chi connectivity index (χ0) is 13.2. The molecule has 0 fully saturated rings. The van der Waals surface area contributed by atoms with Crippen molar-refractivity contribution in [3.8, 4) is 0 Å². The molecule has 0 bridgehead atoms. The van der Waals surface area contributed by atoms with Gasteiger partial charge in [-0.1, -0.05) is 0 Å². The number of nitrogens with one attached hydrogen (secondary N) is 2. The molecule has 6 nitrogen and oxygen atoms in total. The summed E-state index contributed by atoms with van der Waals surface area (Å²) in [5, 5.41) is 16.8. The predicted octanol–water partition coefficient (Wildman–Crippen LogP) is 1.20. The fourth-order valence-corrected chi connectivity index (χ4v) is 3.97. The highest BCUT2D eigenvalue weighted by Gasteiger charge is 2.20. The van der Waals surface area contributed by atoms with Crippen molar-refractivity contribution in [3.63, 3.8) is 0 Å². The lowest BCUT2D eigenvalue weighted by atomic mass is 10.4. The SMILES string of the molecule is O=S(=O)(NCc1sccc1Br)c1[nH]ncc1CO. The third kappa shape index (κ3) is 2.81. The maximum absolute atomic E-state index is 12.0. The maximum atomic E-state index is 12.0. The summed E-state index contributed by atoms with van der Waals surface area (Å²) in [5.41, 5.74) is 0.243. The van der Waals surface area contributed by atoms with E-state index >= 15 is 0 Å². The molecule has 2 aromatic rings. The highest BCUT2D eigenvalue weighted by Crippen LogP contribution is 2.23. The summed E-state index contributed by atoms with van der Waals surface area (Å²) in [6.07, 6.45) is 1.29. The zero-order valence-corrected chi connectivity index (χ0v) is 12.3. The molecule has 0 amide bonds. The van der Waals surface area contributed by atoms with E-state index in [1.54, 1.807) is 0 Å². The number of sulfonamides is 1. The number of halogens is 1. The van der Waals surface area contributed by atoms with Gasteiger partial charge in [-0.05, 0) is 27.4 Å². The first-order valence-electron chi connectivity index (χ1n) is 4.89. The summed E-state index contributed by atoms with van der Waals surface area (Å²) in [6, 6.07) is 1.85. The van der Waals surface area contributed by atoms with E-state index in [-0.39, 0.29) is 23.7 Å². The van der Waals surface area contributed by atoms with Gasteiger partial charge in [-0.25, -0.2) is 13.1 Å². The number of aromatic nitrogens is 2. The van der Waals surface area contributed by atoms with Crippen molar-refractivity contribution in [1.29, 1.82) is 0 Å². The summed E-state index contributed by atoms with van der Waals surface area (Å²) >= 11 is 4.77. The van der Waals surface area contributed by atoms with Crippen LogP contribution in [0.25, 0.3) is 0 Å². The van der Waals surface area contributed by atoms with Crippen LogP contribution in [0, 0.1) is 0 Å². The van der Waals surface area contributed by atoms with Gasteiger partial charge in [0.2, 0.25) is 0 Å². The molecule has 0 saturated carbocycles. The normalized spacial score (nSPS) is 11.9. The molecule has 2 heterocycles. The molecule has 18 heavy (non-hydrogen) atoms. The van der Waals surface area contributed by atoms with Gasteiger partial charge >= 0.3 is 0 Å². The topological polar surface area (TPSA) is 95.1 Å². The number of hydrogen-bond donors (Lipinski definition) is 3. The second-order valence-electron chi connectivity index (χ2n) is 3.40. The Balaban J connectivity index is 2.16. The molecule has 0 saturated heterocycles. The molecule has 3 N–H and O–H groups in total. The molecule has 0 aliphatic heterocycles. The summed E-state index contributed by atoms with van der Waals surface area (Å²) in [4.78, 5) is 0.878. The molecule has 0 aliphatic rings. The van der Waals surface area contributed by atoms with Crippen LogP contribution in [0.3, 0.4) is 0 Å². The van der Waals surface area contributed by atoms with Crippen molar-refractivity contribution in [2.24, 2.45) is 0 Å². The molecular weight excluding hydrogens is 342 g/mol. The van der Waals surface area contributed by atoms with Crippen molar-refractivity contribution in [2.45, 2.75) is 18.2 Å². The van der Waals surface area contributed by atoms with E-state index in [4.69, 9.17) is 5.11 Å². The first-order chi connectivity index (χ1) is 8.54. The highest BCUT2D eigenvalue weighted by atomic mass is 79.9. The van der Waals surface area contributed by atoms with Gasteiger partial charge in [0, 0.05) is 21.5 Å². The number of aromatic amines is 1. The van der Waals surface area contributed by atoms with Gasteiger partial charge in [0.25, 0.3) is 10.0 Å². The van der Waals surface area contributed by atoms with E-state index in [0.717, 1.165) is 9.35 Å². The van der Waals surface area contributed by atoms with Crippen LogP contribution in [0.1, 0.15) is 10.4 Å². The molecule has 0 atom stereocenters. The Kier molecular flexibility index (Phi) is 4.17. The van der Waals surface area contributed by atoms with E-state index in [2.05, 4.69) is 30.8 Å². The van der Waals surface area contributed by atoms with Crippen molar-refractivity contribution >= 4 is 37.3 Å². The van der Waals surface area contributed by atoms with E-state index in [0.29, 0.717) is 0 Å². The average Bonchev–Trinajstić information content (AvgIpc) is 2.95. The summed E-state index contributed by atoms with van der Waals surface area (Å²) in [5.74, 6) is 0. The van der Waals surface area contributed by atoms with Gasteiger partial charge in [-0.3, -0.25) is 5.10 Å². The maximum Gasteiger partial charge on any atom is 0.258 e. The lowest BCUT2D eigenvalue weighted by Crippen LogP contribution is -2.24. The fourth-order valence-electron chi connectivity index (χ4n) is 1.33. The van der Waals surface area contributed by atoms with Crippen LogP contribution in [-0.2, 0) is 23.2 Å². The minimum Gasteiger partial charge on any atom is -0.392 e. The Bertz CT molecular complexity index is 635. The molecule has 0 aromatic carbocycles. The summed E-state index contributed by atoms with van der Waals surface area (Å²) in [6.45, 7) is -0.195. The number of hydrogen-bond acceptors (Lipinski definition) is 5. The summed E-state index contributed by atoms with van der Waals surface area (Å²) < 4.78 is 27.3. The molecule has 2 rings (SSSR count). The highest BCUT2D eigenvalue weighted by molar-refractivity contribution is 9.10. The molecule has 0 aliphatic carbocycles. The fraction of sp³-hybridized carbons (Fsp3) is 0.222. The number of thiophene rings is 1. The number of aliphatic hydroxyl groups is 1. The van der Waals surface area contributed by atoms with Crippen LogP contribution in [0.4, 0.5) is 0 Å². The molecule has 0 spiro atoms. The van der Waals surface area contributed by atoms with E-state index in [1.807, 2.05) is 11.4 Å². The first kappa shape index (κ1) is 13.7. The van der Waals surface area contributed by atoms with Crippen LogP contribution in [0.5, 0.6) is 0 Å². The molecule has 2 aromatic heterocycles. The lowest BCUT2D eigenvalue weighted by molar-refractivity contribution is 0.278. The van der Waals surface area contributed by atoms with Gasteiger partial charge in [0.1, 0.15) is 0 Å². The van der Waals surface area contributed by atoms with E-state index < -0.39 is 10.0 Å². The monoisotopic (exact) mass is 351 g/mol. The molecular formula is C9H10BrN3O3S2. The molecule has 0 unspecified atom stereocenters. The Morgan fingerprint density at radius 3 is 2.94 bits per heavy atom. The Labute approximate surface area is 116 Å². The number of H-pyrrole nitrogens is 1. The third-order valence-corrected chi connectivity index (χ3v) is 5.57. The van der Waals surface area contributed by atoms with Crippen LogP contribution >= 0.6 is 27.3 Å².